The van der Waals surface area contributed by atoms with Crippen LogP contribution in [0, 0.1) is 0 Å². The average Bonchev–Trinajstić information content (AvgIpc) is 3.43. The molecular formula is C34H31N5O3. The molecule has 0 radical (unpaired) electrons. The van der Waals surface area contributed by atoms with E-state index in [0.717, 1.165) is 39.3 Å². The summed E-state index contributed by atoms with van der Waals surface area (Å²) in [5.74, 6) is 0.370. The van der Waals surface area contributed by atoms with E-state index in [1.807, 2.05) is 80.8 Å². The third-order valence-corrected chi connectivity index (χ3v) is 6.94. The van der Waals surface area contributed by atoms with Crippen LogP contribution in [-0.2, 0) is 9.53 Å². The van der Waals surface area contributed by atoms with Crippen LogP contribution in [-0.4, -0.2) is 42.9 Å². The monoisotopic (exact) mass is 557 g/mol. The zero-order valence-electron chi connectivity index (χ0n) is 23.7. The van der Waals surface area contributed by atoms with Crippen LogP contribution >= 0.6 is 0 Å². The fraction of sp³-hybridized carbons (Fsp3) is 0.147. The number of esters is 1. The molecule has 1 aliphatic heterocycles. The van der Waals surface area contributed by atoms with Gasteiger partial charge in [0.15, 0.2) is 5.82 Å². The maximum absolute atomic E-state index is 13.1. The largest absolute Gasteiger partial charge is 0.462 e. The Kier molecular flexibility index (Phi) is 7.43. The molecule has 1 unspecified atom stereocenters. The molecule has 1 aromatic heterocycles. The summed E-state index contributed by atoms with van der Waals surface area (Å²) < 4.78 is 11.4. The summed E-state index contributed by atoms with van der Waals surface area (Å²) >= 11 is 0. The van der Waals surface area contributed by atoms with Crippen molar-refractivity contribution in [2.75, 3.05) is 35.8 Å². The van der Waals surface area contributed by atoms with Crippen LogP contribution in [0.25, 0.3) is 17.1 Å². The van der Waals surface area contributed by atoms with Gasteiger partial charge in [-0.25, -0.2) is 14.8 Å². The lowest BCUT2D eigenvalue weighted by atomic mass is 10.1. The number of fused-ring (bicyclic) bond motifs is 2. The Morgan fingerprint density at radius 2 is 1.38 bits per heavy atom. The molecule has 2 heterocycles. The number of carbonyl (C=O) groups excluding carboxylic acids is 1. The maximum Gasteiger partial charge on any atom is 0.339 e. The zero-order chi connectivity index (χ0) is 29.1. The molecule has 0 bridgehead atoms. The van der Waals surface area contributed by atoms with Gasteiger partial charge < -0.3 is 24.6 Å². The Morgan fingerprint density at radius 3 is 2.02 bits per heavy atom. The van der Waals surface area contributed by atoms with Crippen molar-refractivity contribution in [1.82, 2.24) is 9.97 Å². The van der Waals surface area contributed by atoms with Gasteiger partial charge in [-0.05, 0) is 79.2 Å². The lowest BCUT2D eigenvalue weighted by Gasteiger charge is -2.26. The minimum atomic E-state index is -0.786. The van der Waals surface area contributed by atoms with Crippen molar-refractivity contribution in [1.29, 1.82) is 0 Å². The van der Waals surface area contributed by atoms with Crippen LogP contribution in [0.1, 0.15) is 12.5 Å². The van der Waals surface area contributed by atoms with E-state index in [9.17, 15) is 4.79 Å². The second kappa shape index (κ2) is 11.6. The molecule has 1 atom stereocenters. The van der Waals surface area contributed by atoms with Gasteiger partial charge in [0.25, 0.3) is 5.88 Å². The quantitative estimate of drug-likeness (QED) is 0.162. The van der Waals surface area contributed by atoms with Crippen LogP contribution in [0.15, 0.2) is 109 Å². The molecule has 8 heteroatoms. The number of rotatable bonds is 8. The van der Waals surface area contributed by atoms with Gasteiger partial charge in [0, 0.05) is 36.8 Å². The van der Waals surface area contributed by atoms with E-state index in [0.29, 0.717) is 17.3 Å². The fourth-order valence-electron chi connectivity index (χ4n) is 4.85. The van der Waals surface area contributed by atoms with Gasteiger partial charge in [-0.15, -0.1) is 0 Å². The van der Waals surface area contributed by atoms with Gasteiger partial charge in [0.1, 0.15) is 0 Å². The van der Waals surface area contributed by atoms with Gasteiger partial charge >= 0.3 is 5.97 Å². The van der Waals surface area contributed by atoms with E-state index in [4.69, 9.17) is 9.47 Å². The Balaban J connectivity index is 1.32. The van der Waals surface area contributed by atoms with Gasteiger partial charge in [-0.3, -0.25) is 0 Å². The standard InChI is InChI=1S/C34H31N5O3/c1-4-41-34(40)28(32-37-31-33(42-32)36-30-13-9-8-12-29(30)35-31)22-23-14-16-26(17-15-23)39(25-10-6-5-7-11-25)27-20-18-24(19-21-27)38(2)3/h5-22,32H,4H2,1-3H3,(H,35,37). The minimum absolute atomic E-state index is 0.244. The summed E-state index contributed by atoms with van der Waals surface area (Å²) in [6.07, 6.45) is 0.996. The van der Waals surface area contributed by atoms with Crippen molar-refractivity contribution in [3.05, 3.63) is 114 Å². The second-order valence-corrected chi connectivity index (χ2v) is 10.0. The number of para-hydroxylation sites is 3. The molecule has 0 spiro atoms. The first-order valence-corrected chi connectivity index (χ1v) is 13.8. The van der Waals surface area contributed by atoms with E-state index >= 15 is 0 Å². The highest BCUT2D eigenvalue weighted by molar-refractivity contribution is 5.96. The van der Waals surface area contributed by atoms with Crippen LogP contribution in [0.5, 0.6) is 5.88 Å². The molecule has 210 valence electrons. The predicted octanol–water partition coefficient (Wildman–Crippen LogP) is 6.94. The van der Waals surface area contributed by atoms with Crippen molar-refractivity contribution in [2.45, 2.75) is 13.2 Å². The Morgan fingerprint density at radius 1 is 0.810 bits per heavy atom. The van der Waals surface area contributed by atoms with Crippen molar-refractivity contribution in [3.63, 3.8) is 0 Å². The highest BCUT2D eigenvalue weighted by Crippen LogP contribution is 2.36. The van der Waals surface area contributed by atoms with Crippen molar-refractivity contribution in [3.8, 4) is 5.88 Å². The Bertz CT molecular complexity index is 1690. The molecule has 42 heavy (non-hydrogen) atoms. The number of ether oxygens (including phenoxy) is 2. The number of hydrogen-bond acceptors (Lipinski definition) is 8. The van der Waals surface area contributed by atoms with Gasteiger partial charge in [-0.1, -0.05) is 42.5 Å². The van der Waals surface area contributed by atoms with Crippen LogP contribution in [0.4, 0.5) is 28.6 Å². The highest BCUT2D eigenvalue weighted by atomic mass is 16.5. The van der Waals surface area contributed by atoms with Crippen molar-refractivity contribution < 1.29 is 14.3 Å². The second-order valence-electron chi connectivity index (χ2n) is 10.0. The summed E-state index contributed by atoms with van der Waals surface area (Å²) in [7, 11) is 4.06. The van der Waals surface area contributed by atoms with E-state index < -0.39 is 12.2 Å². The Hall–Kier alpha value is -5.37. The molecule has 0 saturated carbocycles. The molecule has 4 aromatic carbocycles. The van der Waals surface area contributed by atoms with E-state index in [1.54, 1.807) is 13.0 Å². The predicted molar refractivity (Wildman–Crippen MR) is 168 cm³/mol. The van der Waals surface area contributed by atoms with Gasteiger partial charge in [-0.2, -0.15) is 0 Å². The molecule has 0 amide bonds. The first-order valence-electron chi connectivity index (χ1n) is 13.8. The number of carbonyl (C=O) groups is 1. The molecule has 1 N–H and O–H groups in total. The molecule has 5 aromatic rings. The highest BCUT2D eigenvalue weighted by Gasteiger charge is 2.32. The van der Waals surface area contributed by atoms with E-state index in [-0.39, 0.29) is 6.61 Å². The van der Waals surface area contributed by atoms with Crippen LogP contribution in [0.2, 0.25) is 0 Å². The Labute approximate surface area is 244 Å². The van der Waals surface area contributed by atoms with Crippen LogP contribution < -0.4 is 19.9 Å². The third-order valence-electron chi connectivity index (χ3n) is 6.94. The minimum Gasteiger partial charge on any atom is -0.462 e. The number of anilines is 5. The van der Waals surface area contributed by atoms with Crippen molar-refractivity contribution in [2.24, 2.45) is 0 Å². The number of hydrogen-bond donors (Lipinski definition) is 1. The average molecular weight is 558 g/mol. The lowest BCUT2D eigenvalue weighted by Crippen LogP contribution is -2.29. The molecule has 0 aliphatic carbocycles. The molecule has 0 fully saturated rings. The van der Waals surface area contributed by atoms with E-state index in [2.05, 4.69) is 61.5 Å². The fourth-order valence-corrected chi connectivity index (χ4v) is 4.85. The molecule has 1 aliphatic rings. The summed E-state index contributed by atoms with van der Waals surface area (Å²) in [6.45, 7) is 2.02. The SMILES string of the molecule is CCOC(=O)C(=Cc1ccc(N(c2ccccc2)c2ccc(N(C)C)cc2)cc1)C1Nc2nc3ccccc3nc2O1. The van der Waals surface area contributed by atoms with Gasteiger partial charge in [0.05, 0.1) is 23.2 Å². The smallest absolute Gasteiger partial charge is 0.339 e. The normalized spacial score (nSPS) is 14.1. The van der Waals surface area contributed by atoms with Crippen LogP contribution in [0.3, 0.4) is 0 Å². The first-order chi connectivity index (χ1) is 20.5. The lowest BCUT2D eigenvalue weighted by molar-refractivity contribution is -0.139. The number of benzene rings is 4. The summed E-state index contributed by atoms with van der Waals surface area (Å²) in [5, 5.41) is 3.19. The summed E-state index contributed by atoms with van der Waals surface area (Å²) in [5.41, 5.74) is 6.80. The summed E-state index contributed by atoms with van der Waals surface area (Å²) in [4.78, 5) is 26.5. The first kappa shape index (κ1) is 26.8. The maximum atomic E-state index is 13.1. The third kappa shape index (κ3) is 5.47. The number of nitrogens with zero attached hydrogens (tertiary/aromatic N) is 4. The van der Waals surface area contributed by atoms with E-state index in [1.165, 1.54) is 0 Å². The molecular weight excluding hydrogens is 526 g/mol. The molecule has 8 nitrogen and oxygen atoms in total. The molecule has 0 saturated heterocycles. The zero-order valence-corrected chi connectivity index (χ0v) is 23.7. The number of aromatic nitrogens is 2. The topological polar surface area (TPSA) is 79.8 Å². The van der Waals surface area contributed by atoms with Gasteiger partial charge in [0.2, 0.25) is 6.23 Å². The summed E-state index contributed by atoms with van der Waals surface area (Å²) in [6, 6.07) is 34.2. The number of nitrogens with one attached hydrogen (secondary N) is 1. The molecule has 6 rings (SSSR count). The van der Waals surface area contributed by atoms with Crippen molar-refractivity contribution >= 4 is 51.6 Å².